The van der Waals surface area contributed by atoms with E-state index in [1.165, 1.54) is 11.3 Å². The molecule has 3 nitrogen and oxygen atoms in total. The molecule has 1 aromatic carbocycles. The monoisotopic (exact) mass is 260 g/mol. The van der Waals surface area contributed by atoms with Gasteiger partial charge in [-0.1, -0.05) is 26.0 Å². The van der Waals surface area contributed by atoms with Crippen molar-refractivity contribution in [2.75, 3.05) is 0 Å². The topological polar surface area (TPSA) is 31.9 Å². The fraction of sp³-hybridized carbons (Fsp3) is 0.286. The van der Waals surface area contributed by atoms with Crippen LogP contribution in [0.4, 0.5) is 5.69 Å². The third kappa shape index (κ3) is 2.06. The van der Waals surface area contributed by atoms with Crippen LogP contribution in [0.1, 0.15) is 19.5 Å². The van der Waals surface area contributed by atoms with Crippen LogP contribution in [0.5, 0.6) is 0 Å². The van der Waals surface area contributed by atoms with Crippen molar-refractivity contribution in [1.82, 2.24) is 14.5 Å². The third-order valence-corrected chi connectivity index (χ3v) is 2.91. The van der Waals surface area contributed by atoms with Crippen molar-refractivity contribution in [2.45, 2.75) is 20.4 Å². The highest BCUT2D eigenvalue weighted by molar-refractivity contribution is 5.94. The number of hydrogen-bond donors (Lipinski definition) is 0. The Bertz CT molecular complexity index is 584. The minimum absolute atomic E-state index is 0. The summed E-state index contributed by atoms with van der Waals surface area (Å²) in [6.07, 6.45) is 3.77. The highest BCUT2D eigenvalue weighted by Crippen LogP contribution is 2.31. The van der Waals surface area contributed by atoms with Gasteiger partial charge in [-0.15, -0.1) is 0 Å². The van der Waals surface area contributed by atoms with Crippen molar-refractivity contribution >= 4 is 11.9 Å². The molecule has 2 aromatic rings. The molecule has 93 valence electrons. The van der Waals surface area contributed by atoms with Crippen molar-refractivity contribution in [3.63, 3.8) is 0 Å². The molecule has 1 aliphatic rings. The lowest BCUT2D eigenvalue weighted by molar-refractivity contribution is -0.00000369. The van der Waals surface area contributed by atoms with Gasteiger partial charge in [0.15, 0.2) is 5.69 Å². The van der Waals surface area contributed by atoms with E-state index in [9.17, 15) is 0 Å². The molecule has 0 saturated carbocycles. The van der Waals surface area contributed by atoms with E-state index in [4.69, 9.17) is 0 Å². The summed E-state index contributed by atoms with van der Waals surface area (Å²) in [5.41, 5.74) is 4.39. The molecule has 0 spiro atoms. The van der Waals surface area contributed by atoms with Crippen LogP contribution in [-0.2, 0) is 6.54 Å². The molecule has 0 amide bonds. The second-order valence-electron chi connectivity index (χ2n) is 4.80. The molecular weight excluding hydrogens is 246 g/mol. The SMILES string of the molecule is CC(C)Cn1cnc2c1-c1ccccc1[N+]=C2.[Cl-]. The number of para-hydroxylation sites is 1. The van der Waals surface area contributed by atoms with Gasteiger partial charge in [-0.2, -0.15) is 0 Å². The maximum atomic E-state index is 4.43. The number of nitrogens with zero attached hydrogens (tertiary/aromatic N) is 3. The van der Waals surface area contributed by atoms with Crippen LogP contribution in [0.2, 0.25) is 0 Å². The molecule has 1 radical (unpaired) electrons. The van der Waals surface area contributed by atoms with Gasteiger partial charge in [-0.05, 0) is 12.0 Å². The number of benzene rings is 1. The van der Waals surface area contributed by atoms with E-state index in [1.807, 2.05) is 24.7 Å². The molecule has 2 heterocycles. The van der Waals surface area contributed by atoms with Crippen LogP contribution in [0, 0.1) is 5.92 Å². The molecule has 3 rings (SSSR count). The summed E-state index contributed by atoms with van der Waals surface area (Å²) in [6, 6.07) is 8.23. The highest BCUT2D eigenvalue weighted by Gasteiger charge is 2.25. The van der Waals surface area contributed by atoms with Gasteiger partial charge in [-0.3, -0.25) is 0 Å². The molecule has 0 unspecified atom stereocenters. The molecule has 4 heteroatoms. The number of hydrogen-bond acceptors (Lipinski definition) is 2. The van der Waals surface area contributed by atoms with E-state index in [-0.39, 0.29) is 12.4 Å². The smallest absolute Gasteiger partial charge is 0.286 e. The van der Waals surface area contributed by atoms with Crippen LogP contribution in [-0.4, -0.2) is 15.8 Å². The zero-order valence-corrected chi connectivity index (χ0v) is 11.2. The Hall–Kier alpha value is -1.61. The van der Waals surface area contributed by atoms with E-state index in [0.717, 1.165) is 17.9 Å². The van der Waals surface area contributed by atoms with Gasteiger partial charge in [0.2, 0.25) is 0 Å². The third-order valence-electron chi connectivity index (χ3n) is 2.91. The van der Waals surface area contributed by atoms with Crippen molar-refractivity contribution < 1.29 is 12.4 Å². The van der Waals surface area contributed by atoms with Crippen LogP contribution in [0.25, 0.3) is 11.3 Å². The van der Waals surface area contributed by atoms with Crippen molar-refractivity contribution in [2.24, 2.45) is 5.92 Å². The largest absolute Gasteiger partial charge is 1.00 e. The Morgan fingerprint density at radius 2 is 2.06 bits per heavy atom. The fourth-order valence-corrected chi connectivity index (χ4v) is 2.23. The first-order valence-corrected chi connectivity index (χ1v) is 5.94. The summed E-state index contributed by atoms with van der Waals surface area (Å²) in [5.74, 6) is 0.610. The zero-order chi connectivity index (χ0) is 11.8. The molecule has 0 fully saturated rings. The Labute approximate surface area is 113 Å². The van der Waals surface area contributed by atoms with Gasteiger partial charge in [0, 0.05) is 12.6 Å². The second kappa shape index (κ2) is 4.94. The number of imidazole rings is 1. The predicted octanol–water partition coefficient (Wildman–Crippen LogP) is -0.390. The van der Waals surface area contributed by atoms with Gasteiger partial charge >= 0.3 is 0 Å². The summed E-state index contributed by atoms with van der Waals surface area (Å²) in [4.78, 5) is 8.85. The zero-order valence-electron chi connectivity index (χ0n) is 10.5. The van der Waals surface area contributed by atoms with Crippen molar-refractivity contribution in [3.8, 4) is 11.3 Å². The van der Waals surface area contributed by atoms with E-state index in [1.54, 1.807) is 0 Å². The molecule has 1 aromatic heterocycles. The number of aromatic nitrogens is 2. The maximum Gasteiger partial charge on any atom is 0.286 e. The van der Waals surface area contributed by atoms with Crippen LogP contribution >= 0.6 is 0 Å². The first kappa shape index (κ1) is 12.8. The Morgan fingerprint density at radius 3 is 2.83 bits per heavy atom. The summed E-state index contributed by atoms with van der Waals surface area (Å²) in [5, 5.41) is 0. The molecule has 1 aliphatic heterocycles. The van der Waals surface area contributed by atoms with Gasteiger partial charge in [0.25, 0.3) is 11.9 Å². The van der Waals surface area contributed by atoms with Crippen molar-refractivity contribution in [1.29, 1.82) is 0 Å². The molecule has 0 N–H and O–H groups in total. The van der Waals surface area contributed by atoms with Gasteiger partial charge in [0.05, 0.1) is 22.6 Å². The summed E-state index contributed by atoms with van der Waals surface area (Å²) in [6.45, 7) is 5.43. The molecule has 0 atom stereocenters. The maximum absolute atomic E-state index is 4.43. The van der Waals surface area contributed by atoms with Crippen LogP contribution in [0.15, 0.2) is 30.6 Å². The number of fused-ring (bicyclic) bond motifs is 3. The van der Waals surface area contributed by atoms with Crippen LogP contribution in [0.3, 0.4) is 0 Å². The Morgan fingerprint density at radius 1 is 1.28 bits per heavy atom. The second-order valence-corrected chi connectivity index (χ2v) is 4.80. The molecule has 18 heavy (non-hydrogen) atoms. The fourth-order valence-electron chi connectivity index (χ4n) is 2.23. The van der Waals surface area contributed by atoms with Crippen molar-refractivity contribution in [3.05, 3.63) is 36.3 Å². The molecule has 0 saturated heterocycles. The summed E-state index contributed by atoms with van der Waals surface area (Å²) < 4.78 is 2.23. The molecular formula is C14H15ClN3. The van der Waals surface area contributed by atoms with E-state index in [2.05, 4.69) is 40.5 Å². The highest BCUT2D eigenvalue weighted by atomic mass is 35.5. The normalized spacial score (nSPS) is 11.9. The minimum atomic E-state index is 0. The molecule has 0 bridgehead atoms. The van der Waals surface area contributed by atoms with Gasteiger partial charge in [0.1, 0.15) is 0 Å². The lowest BCUT2D eigenvalue weighted by Gasteiger charge is -2.11. The first-order chi connectivity index (χ1) is 8.25. The van der Waals surface area contributed by atoms with E-state index < -0.39 is 0 Å². The Balaban J connectivity index is 0.00000120. The summed E-state index contributed by atoms with van der Waals surface area (Å²) >= 11 is 0. The predicted molar refractivity (Wildman–Crippen MR) is 69.5 cm³/mol. The summed E-state index contributed by atoms with van der Waals surface area (Å²) in [7, 11) is 0. The average molecular weight is 261 g/mol. The number of halogens is 1. The Kier molecular flexibility index (Phi) is 3.53. The van der Waals surface area contributed by atoms with E-state index >= 15 is 0 Å². The average Bonchev–Trinajstić information content (AvgIpc) is 2.72. The lowest BCUT2D eigenvalue weighted by Crippen LogP contribution is -3.00. The van der Waals surface area contributed by atoms with Crippen LogP contribution < -0.4 is 17.4 Å². The van der Waals surface area contributed by atoms with Gasteiger partial charge < -0.3 is 17.0 Å². The first-order valence-electron chi connectivity index (χ1n) is 5.94. The number of aliphatic imine (C=N–C) groups is 1. The van der Waals surface area contributed by atoms with Gasteiger partial charge in [-0.25, -0.2) is 4.98 Å². The number of rotatable bonds is 2. The lowest BCUT2D eigenvalue weighted by atomic mass is 10.1. The standard InChI is InChI=1S/C14H15N3.ClH/c1-10(2)8-17-9-16-13-7-15-12-6-4-3-5-11(12)14(13)17;/h3-7,9-10H,8H2,1-2H3;1H/q+1;/p-1. The minimum Gasteiger partial charge on any atom is -1.00 e. The quantitative estimate of drug-likeness (QED) is 0.618. The molecule has 0 aliphatic carbocycles. The van der Waals surface area contributed by atoms with E-state index in [0.29, 0.717) is 5.92 Å².